The highest BCUT2D eigenvalue weighted by atomic mass is 16.5. The van der Waals surface area contributed by atoms with Crippen LogP contribution in [0.5, 0.6) is 11.5 Å². The van der Waals surface area contributed by atoms with Gasteiger partial charge in [0, 0.05) is 30.1 Å². The summed E-state index contributed by atoms with van der Waals surface area (Å²) in [4.78, 5) is 16.2. The van der Waals surface area contributed by atoms with Crippen molar-refractivity contribution in [1.29, 1.82) is 10.7 Å². The molecule has 0 aliphatic carbocycles. The summed E-state index contributed by atoms with van der Waals surface area (Å²) >= 11 is 0. The molecule has 2 heterocycles. The number of hydrogen-bond donors (Lipinski definition) is 3. The molecule has 0 unspecified atom stereocenters. The van der Waals surface area contributed by atoms with E-state index in [9.17, 15) is 10.1 Å². The molecule has 2 aromatic carbocycles. The van der Waals surface area contributed by atoms with E-state index in [1.807, 2.05) is 74.5 Å². The molecule has 4 rings (SSSR count). The first-order chi connectivity index (χ1) is 16.5. The number of fused-ring (bicyclic) bond motifs is 1. The smallest absolute Gasteiger partial charge is 0.278 e. The van der Waals surface area contributed by atoms with Crippen LogP contribution in [0.2, 0.25) is 0 Å². The second-order valence-electron chi connectivity index (χ2n) is 7.99. The Morgan fingerprint density at radius 3 is 2.56 bits per heavy atom. The molecule has 4 aromatic rings. The Morgan fingerprint density at radius 2 is 1.91 bits per heavy atom. The number of benzene rings is 2. The third-order valence-corrected chi connectivity index (χ3v) is 5.31. The number of H-pyrrole nitrogens is 1. The lowest BCUT2D eigenvalue weighted by Gasteiger charge is -2.14. The van der Waals surface area contributed by atoms with Crippen LogP contribution in [0.4, 0.5) is 0 Å². The molecule has 0 bridgehead atoms. The number of hydrogen-bond acceptors (Lipinski definition) is 6. The van der Waals surface area contributed by atoms with Crippen molar-refractivity contribution in [3.05, 3.63) is 99.7 Å². The molecule has 0 radical (unpaired) electrons. The summed E-state index contributed by atoms with van der Waals surface area (Å²) in [5.41, 5.74) is 2.80. The van der Waals surface area contributed by atoms with Crippen molar-refractivity contribution in [2.24, 2.45) is 0 Å². The molecule has 0 saturated carbocycles. The molecule has 0 aliphatic rings. The summed E-state index contributed by atoms with van der Waals surface area (Å²) in [7, 11) is 0. The van der Waals surface area contributed by atoms with Crippen molar-refractivity contribution >= 4 is 17.4 Å². The topological polar surface area (TPSA) is 119 Å². The van der Waals surface area contributed by atoms with Crippen molar-refractivity contribution in [3.63, 3.8) is 0 Å². The summed E-state index contributed by atoms with van der Waals surface area (Å²) in [5.74, 6) is 1.40. The molecule has 0 amide bonds. The molecule has 0 saturated heterocycles. The normalized spacial score (nSPS) is 11.4. The van der Waals surface area contributed by atoms with Gasteiger partial charge in [-0.15, -0.1) is 0 Å². The van der Waals surface area contributed by atoms with Crippen LogP contribution < -0.4 is 15.6 Å². The zero-order valence-corrected chi connectivity index (χ0v) is 18.9. The van der Waals surface area contributed by atoms with E-state index in [0.29, 0.717) is 29.0 Å². The fourth-order valence-electron chi connectivity index (χ4n) is 3.64. The fourth-order valence-corrected chi connectivity index (χ4v) is 3.64. The van der Waals surface area contributed by atoms with Crippen LogP contribution >= 0.6 is 0 Å². The fraction of sp³-hybridized carbons (Fsp3) is 0.154. The van der Waals surface area contributed by atoms with Crippen LogP contribution in [-0.4, -0.2) is 20.8 Å². The van der Waals surface area contributed by atoms with E-state index in [4.69, 9.17) is 10.1 Å². The molecular weight excluding hydrogens is 428 g/mol. The lowest BCUT2D eigenvalue weighted by molar-refractivity contribution is 0.482. The van der Waals surface area contributed by atoms with E-state index in [1.165, 1.54) is 16.9 Å². The van der Waals surface area contributed by atoms with Gasteiger partial charge in [0.05, 0.1) is 11.9 Å². The SMILES string of the molecule is CC(C)c1c(/C(C=N)=C/NCc2ccc(Oc3ccccc3)cc2)[nH]c2c(C#N)cnn2c1=O. The van der Waals surface area contributed by atoms with Gasteiger partial charge in [0.1, 0.15) is 23.1 Å². The quantitative estimate of drug-likeness (QED) is 0.338. The monoisotopic (exact) mass is 452 g/mol. The molecule has 2 aromatic heterocycles. The van der Waals surface area contributed by atoms with Crippen LogP contribution in [0.25, 0.3) is 11.2 Å². The minimum Gasteiger partial charge on any atom is -0.457 e. The number of nitriles is 1. The van der Waals surface area contributed by atoms with E-state index in [0.717, 1.165) is 17.1 Å². The highest BCUT2D eigenvalue weighted by Gasteiger charge is 2.19. The number of nitrogens with zero attached hydrogens (tertiary/aromatic N) is 3. The van der Waals surface area contributed by atoms with Gasteiger partial charge in [-0.3, -0.25) is 4.79 Å². The van der Waals surface area contributed by atoms with E-state index in [1.54, 1.807) is 6.20 Å². The first kappa shape index (κ1) is 22.6. The Kier molecular flexibility index (Phi) is 6.55. The predicted molar refractivity (Wildman–Crippen MR) is 131 cm³/mol. The average Bonchev–Trinajstić information content (AvgIpc) is 3.27. The first-order valence-electron chi connectivity index (χ1n) is 10.8. The summed E-state index contributed by atoms with van der Waals surface area (Å²) in [6.07, 6.45) is 4.23. The van der Waals surface area contributed by atoms with Gasteiger partial charge in [-0.2, -0.15) is 14.9 Å². The van der Waals surface area contributed by atoms with E-state index < -0.39 is 0 Å². The largest absolute Gasteiger partial charge is 0.457 e. The zero-order valence-electron chi connectivity index (χ0n) is 18.9. The average molecular weight is 453 g/mol. The lowest BCUT2D eigenvalue weighted by Crippen LogP contribution is -2.24. The van der Waals surface area contributed by atoms with Gasteiger partial charge < -0.3 is 20.4 Å². The van der Waals surface area contributed by atoms with Gasteiger partial charge in [0.25, 0.3) is 5.56 Å². The third kappa shape index (κ3) is 4.59. The van der Waals surface area contributed by atoms with Crippen molar-refractivity contribution in [2.45, 2.75) is 26.3 Å². The van der Waals surface area contributed by atoms with Gasteiger partial charge in [-0.05, 0) is 35.7 Å². The van der Waals surface area contributed by atoms with Gasteiger partial charge in [-0.25, -0.2) is 0 Å². The number of nitrogens with one attached hydrogen (secondary N) is 3. The van der Waals surface area contributed by atoms with Crippen LogP contribution in [-0.2, 0) is 6.54 Å². The van der Waals surface area contributed by atoms with Gasteiger partial charge in [0.15, 0.2) is 5.65 Å². The van der Waals surface area contributed by atoms with Gasteiger partial charge >= 0.3 is 0 Å². The standard InChI is InChI=1S/C26H24N6O2/c1-17(2)23-24(31-25-20(13-28)16-30-32(25)26(23)33)19(12-27)15-29-14-18-8-10-22(11-9-18)34-21-6-4-3-5-7-21/h3-12,15-17,27,29,31H,14H2,1-2H3/b19-15+,27-12?. The second-order valence-corrected chi connectivity index (χ2v) is 7.99. The maximum atomic E-state index is 13.0. The van der Waals surface area contributed by atoms with Crippen molar-refractivity contribution in [1.82, 2.24) is 19.9 Å². The lowest BCUT2D eigenvalue weighted by atomic mass is 9.99. The van der Waals surface area contributed by atoms with Crippen LogP contribution in [0.3, 0.4) is 0 Å². The Labute approximate surface area is 196 Å². The van der Waals surface area contributed by atoms with Crippen LogP contribution in [0.1, 0.15) is 42.1 Å². The van der Waals surface area contributed by atoms with Gasteiger partial charge in [0.2, 0.25) is 0 Å². The number of rotatable bonds is 8. The van der Waals surface area contributed by atoms with Gasteiger partial charge in [-0.1, -0.05) is 44.2 Å². The van der Waals surface area contributed by atoms with E-state index >= 15 is 0 Å². The number of allylic oxidation sites excluding steroid dienone is 1. The zero-order chi connectivity index (χ0) is 24.1. The molecular formula is C26H24N6O2. The second kappa shape index (κ2) is 9.88. The van der Waals surface area contributed by atoms with E-state index in [-0.39, 0.29) is 17.0 Å². The highest BCUT2D eigenvalue weighted by molar-refractivity contribution is 6.08. The van der Waals surface area contributed by atoms with Crippen molar-refractivity contribution < 1.29 is 4.74 Å². The number of aromatic nitrogens is 3. The molecule has 0 atom stereocenters. The molecule has 0 aliphatic heterocycles. The predicted octanol–water partition coefficient (Wildman–Crippen LogP) is 4.59. The summed E-state index contributed by atoms with van der Waals surface area (Å²) in [6.45, 7) is 4.33. The first-order valence-corrected chi connectivity index (χ1v) is 10.8. The minimum atomic E-state index is -0.304. The summed E-state index contributed by atoms with van der Waals surface area (Å²) in [6, 6.07) is 19.3. The molecule has 8 nitrogen and oxygen atoms in total. The third-order valence-electron chi connectivity index (χ3n) is 5.31. The Morgan fingerprint density at radius 1 is 1.21 bits per heavy atom. The molecule has 0 spiro atoms. The Bertz CT molecular complexity index is 1440. The minimum absolute atomic E-state index is 0.113. The Hall–Kier alpha value is -4.64. The molecule has 3 N–H and O–H groups in total. The highest BCUT2D eigenvalue weighted by Crippen LogP contribution is 2.23. The molecule has 8 heteroatoms. The summed E-state index contributed by atoms with van der Waals surface area (Å²) in [5, 5.41) is 24.5. The van der Waals surface area contributed by atoms with Crippen LogP contribution in [0.15, 0.2) is 71.8 Å². The Balaban J connectivity index is 1.56. The maximum Gasteiger partial charge on any atom is 0.278 e. The number of ether oxygens (including phenoxy) is 1. The molecule has 170 valence electrons. The van der Waals surface area contributed by atoms with Crippen molar-refractivity contribution in [3.8, 4) is 17.6 Å². The van der Waals surface area contributed by atoms with Crippen molar-refractivity contribution in [2.75, 3.05) is 0 Å². The summed E-state index contributed by atoms with van der Waals surface area (Å²) < 4.78 is 7.02. The van der Waals surface area contributed by atoms with Crippen LogP contribution in [0, 0.1) is 16.7 Å². The molecule has 34 heavy (non-hydrogen) atoms. The van der Waals surface area contributed by atoms with E-state index in [2.05, 4.69) is 15.4 Å². The number of aromatic amines is 1. The number of para-hydroxylation sites is 1. The maximum absolute atomic E-state index is 13.0. The molecule has 0 fully saturated rings.